The standard InChI is InChI=1S/C30H34N6O4/c1-39-30(38)5-3-17-36-28(31)15-14-27(35-36)24-10-12-26(13-11-24)40-20-23-8-6-22(7-9-23)4-2-16-33-29(37)18-25-19-32-21-34-25/h6-15,19,21,31H,2-5,16-18,20H2,1H3,(H,32,34)(H,33,37). The first-order valence-electron chi connectivity index (χ1n) is 13.2. The molecule has 0 spiro atoms. The third-order valence-corrected chi connectivity index (χ3v) is 6.33. The summed E-state index contributed by atoms with van der Waals surface area (Å²) in [6, 6.07) is 19.5. The molecule has 0 aliphatic rings. The van der Waals surface area contributed by atoms with E-state index in [0.717, 1.165) is 41.1 Å². The first-order valence-corrected chi connectivity index (χ1v) is 13.2. The van der Waals surface area contributed by atoms with E-state index >= 15 is 0 Å². The Balaban J connectivity index is 1.21. The molecule has 0 fully saturated rings. The summed E-state index contributed by atoms with van der Waals surface area (Å²) >= 11 is 0. The number of hydrogen-bond donors (Lipinski definition) is 3. The molecule has 0 radical (unpaired) electrons. The molecule has 2 heterocycles. The van der Waals surface area contributed by atoms with Crippen LogP contribution in [0.3, 0.4) is 0 Å². The van der Waals surface area contributed by atoms with Crippen molar-refractivity contribution in [2.24, 2.45) is 0 Å². The summed E-state index contributed by atoms with van der Waals surface area (Å²) in [5, 5.41) is 15.6. The number of aromatic amines is 1. The molecule has 0 unspecified atom stereocenters. The number of benzene rings is 2. The highest BCUT2D eigenvalue weighted by Gasteiger charge is 2.06. The van der Waals surface area contributed by atoms with Crippen LogP contribution >= 0.6 is 0 Å². The minimum atomic E-state index is -0.269. The van der Waals surface area contributed by atoms with Crippen LogP contribution in [-0.2, 0) is 40.3 Å². The number of nitrogens with zero attached hydrogens (tertiary/aromatic N) is 3. The van der Waals surface area contributed by atoms with Gasteiger partial charge in [0.25, 0.3) is 0 Å². The highest BCUT2D eigenvalue weighted by Crippen LogP contribution is 2.21. The zero-order valence-corrected chi connectivity index (χ0v) is 22.6. The van der Waals surface area contributed by atoms with E-state index in [1.165, 1.54) is 12.7 Å². The second-order valence-electron chi connectivity index (χ2n) is 9.34. The fraction of sp³-hybridized carbons (Fsp3) is 0.300. The van der Waals surface area contributed by atoms with Crippen molar-refractivity contribution in [1.29, 1.82) is 5.41 Å². The Morgan fingerprint density at radius 2 is 1.77 bits per heavy atom. The fourth-order valence-corrected chi connectivity index (χ4v) is 4.09. The highest BCUT2D eigenvalue weighted by molar-refractivity contribution is 5.77. The van der Waals surface area contributed by atoms with Gasteiger partial charge in [0.15, 0.2) is 0 Å². The molecular weight excluding hydrogens is 508 g/mol. The first-order chi connectivity index (χ1) is 19.5. The van der Waals surface area contributed by atoms with E-state index in [0.29, 0.717) is 32.5 Å². The Morgan fingerprint density at radius 1 is 1.00 bits per heavy atom. The third kappa shape index (κ3) is 8.65. The number of ether oxygens (including phenoxy) is 2. The van der Waals surface area contributed by atoms with E-state index in [9.17, 15) is 9.59 Å². The zero-order valence-electron chi connectivity index (χ0n) is 22.6. The number of rotatable bonds is 14. The molecule has 0 saturated heterocycles. The monoisotopic (exact) mass is 542 g/mol. The van der Waals surface area contributed by atoms with E-state index in [1.807, 2.05) is 30.3 Å². The summed E-state index contributed by atoms with van der Waals surface area (Å²) < 4.78 is 12.2. The number of methoxy groups -OCH3 is 1. The van der Waals surface area contributed by atoms with Crippen LogP contribution in [0.2, 0.25) is 0 Å². The lowest BCUT2D eigenvalue weighted by atomic mass is 10.1. The van der Waals surface area contributed by atoms with Crippen molar-refractivity contribution in [2.45, 2.75) is 45.3 Å². The average Bonchev–Trinajstić information content (AvgIpc) is 3.49. The molecule has 10 nitrogen and oxygen atoms in total. The van der Waals surface area contributed by atoms with Gasteiger partial charge < -0.3 is 19.8 Å². The van der Waals surface area contributed by atoms with Gasteiger partial charge >= 0.3 is 5.97 Å². The van der Waals surface area contributed by atoms with Crippen molar-refractivity contribution in [3.05, 3.63) is 95.5 Å². The van der Waals surface area contributed by atoms with Crippen LogP contribution in [0.15, 0.2) is 73.2 Å². The maximum Gasteiger partial charge on any atom is 0.305 e. The molecule has 4 aromatic rings. The number of carbonyl (C=O) groups is 2. The van der Waals surface area contributed by atoms with Crippen molar-refractivity contribution in [2.75, 3.05) is 13.7 Å². The van der Waals surface area contributed by atoms with Crippen LogP contribution in [0.5, 0.6) is 5.75 Å². The molecule has 3 N–H and O–H groups in total. The number of aryl methyl sites for hydroxylation is 2. The molecule has 10 heteroatoms. The van der Waals surface area contributed by atoms with Gasteiger partial charge in [0.2, 0.25) is 5.91 Å². The summed E-state index contributed by atoms with van der Waals surface area (Å²) in [4.78, 5) is 30.1. The third-order valence-electron chi connectivity index (χ3n) is 6.33. The number of H-pyrrole nitrogens is 1. The Morgan fingerprint density at radius 3 is 2.50 bits per heavy atom. The maximum absolute atomic E-state index is 11.9. The Labute approximate surface area is 232 Å². The number of amides is 1. The van der Waals surface area contributed by atoms with Gasteiger partial charge in [-0.05, 0) is 66.8 Å². The highest BCUT2D eigenvalue weighted by atomic mass is 16.5. The van der Waals surface area contributed by atoms with Crippen LogP contribution in [0.4, 0.5) is 0 Å². The lowest BCUT2D eigenvalue weighted by Crippen LogP contribution is -2.26. The van der Waals surface area contributed by atoms with Gasteiger partial charge in [-0.3, -0.25) is 15.0 Å². The Hall–Kier alpha value is -4.73. The maximum atomic E-state index is 11.9. The van der Waals surface area contributed by atoms with Crippen LogP contribution in [-0.4, -0.2) is 45.3 Å². The lowest BCUT2D eigenvalue weighted by Gasteiger charge is -2.10. The molecule has 2 aromatic heterocycles. The average molecular weight is 543 g/mol. The summed E-state index contributed by atoms with van der Waals surface area (Å²) in [5.41, 5.74) is 5.03. The quantitative estimate of drug-likeness (QED) is 0.165. The smallest absolute Gasteiger partial charge is 0.305 e. The largest absolute Gasteiger partial charge is 0.489 e. The number of hydrogen-bond acceptors (Lipinski definition) is 7. The van der Waals surface area contributed by atoms with E-state index < -0.39 is 0 Å². The van der Waals surface area contributed by atoms with E-state index in [-0.39, 0.29) is 23.8 Å². The molecule has 4 rings (SSSR count). The van der Waals surface area contributed by atoms with Crippen LogP contribution < -0.4 is 15.5 Å². The first kappa shape index (κ1) is 28.3. The molecule has 0 aliphatic heterocycles. The SMILES string of the molecule is COC(=O)CCCn1nc(-c2ccc(OCc3ccc(CCCNC(=O)Cc4cnc[nH]4)cc3)cc2)ccc1=N. The Kier molecular flexibility index (Phi) is 10.2. The predicted molar refractivity (Wildman–Crippen MR) is 149 cm³/mol. The van der Waals surface area contributed by atoms with Gasteiger partial charge in [0.05, 0.1) is 25.6 Å². The van der Waals surface area contributed by atoms with Crippen molar-refractivity contribution in [3.8, 4) is 17.0 Å². The van der Waals surface area contributed by atoms with Gasteiger partial charge in [0, 0.05) is 37.0 Å². The zero-order chi connectivity index (χ0) is 28.2. The minimum absolute atomic E-state index is 0.0112. The van der Waals surface area contributed by atoms with Crippen molar-refractivity contribution in [3.63, 3.8) is 0 Å². The molecule has 40 heavy (non-hydrogen) atoms. The molecule has 0 atom stereocenters. The number of carbonyl (C=O) groups excluding carboxylic acids is 2. The topological polar surface area (TPSA) is 135 Å². The normalized spacial score (nSPS) is 10.7. The molecule has 1 amide bonds. The molecule has 0 aliphatic carbocycles. The second kappa shape index (κ2) is 14.4. The number of aromatic nitrogens is 4. The molecule has 2 aromatic carbocycles. The van der Waals surface area contributed by atoms with Gasteiger partial charge in [-0.2, -0.15) is 5.10 Å². The second-order valence-corrected chi connectivity index (χ2v) is 9.34. The van der Waals surface area contributed by atoms with Gasteiger partial charge in [-0.25, -0.2) is 9.67 Å². The van der Waals surface area contributed by atoms with E-state index in [2.05, 4.69) is 49.4 Å². The molecule has 208 valence electrons. The molecule has 0 saturated carbocycles. The molecule has 0 bridgehead atoms. The summed E-state index contributed by atoms with van der Waals surface area (Å²) in [6.07, 6.45) is 6.13. The van der Waals surface area contributed by atoms with Crippen LogP contribution in [0.25, 0.3) is 11.3 Å². The van der Waals surface area contributed by atoms with Crippen molar-refractivity contribution >= 4 is 11.9 Å². The van der Waals surface area contributed by atoms with Crippen molar-refractivity contribution in [1.82, 2.24) is 25.1 Å². The lowest BCUT2D eigenvalue weighted by molar-refractivity contribution is -0.140. The number of esters is 1. The van der Waals surface area contributed by atoms with Gasteiger partial charge in [-0.15, -0.1) is 0 Å². The number of nitrogens with one attached hydrogen (secondary N) is 3. The van der Waals surface area contributed by atoms with Crippen LogP contribution in [0.1, 0.15) is 36.1 Å². The fourth-order valence-electron chi connectivity index (χ4n) is 4.09. The summed E-state index contributed by atoms with van der Waals surface area (Å²) in [7, 11) is 1.37. The summed E-state index contributed by atoms with van der Waals surface area (Å²) in [6.45, 7) is 1.55. The van der Waals surface area contributed by atoms with E-state index in [4.69, 9.17) is 10.1 Å². The Bertz CT molecular complexity index is 1430. The van der Waals surface area contributed by atoms with Crippen molar-refractivity contribution < 1.29 is 19.1 Å². The molecular formula is C30H34N6O4. The number of imidazole rings is 1. The van der Waals surface area contributed by atoms with E-state index in [1.54, 1.807) is 23.3 Å². The van der Waals surface area contributed by atoms with Crippen LogP contribution in [0, 0.1) is 5.41 Å². The van der Waals surface area contributed by atoms with Gasteiger partial charge in [-0.1, -0.05) is 24.3 Å². The van der Waals surface area contributed by atoms with Gasteiger partial charge in [0.1, 0.15) is 17.8 Å². The predicted octanol–water partition coefficient (Wildman–Crippen LogP) is 3.58. The summed E-state index contributed by atoms with van der Waals surface area (Å²) in [5.74, 6) is 0.472. The minimum Gasteiger partial charge on any atom is -0.489 e.